The molecule has 0 saturated heterocycles. The van der Waals surface area contributed by atoms with Crippen LogP contribution in [-0.2, 0) is 6.18 Å². The highest BCUT2D eigenvalue weighted by Gasteiger charge is 2.33. The Labute approximate surface area is 189 Å². The molecule has 0 aliphatic rings. The predicted octanol–water partition coefficient (Wildman–Crippen LogP) is 7.69. The number of aryl methyl sites for hydroxylation is 1. The minimum absolute atomic E-state index is 0.0483. The highest BCUT2D eigenvalue weighted by atomic mass is 35.5. The molecule has 0 unspecified atom stereocenters. The van der Waals surface area contributed by atoms with Crippen molar-refractivity contribution in [1.29, 1.82) is 0 Å². The first kappa shape index (κ1) is 22.6. The third kappa shape index (κ3) is 4.93. The fourth-order valence-corrected chi connectivity index (χ4v) is 3.25. The van der Waals surface area contributed by atoms with Crippen molar-refractivity contribution in [2.75, 3.05) is 5.48 Å². The molecule has 0 aliphatic carbocycles. The molecule has 0 aliphatic heterocycles. The van der Waals surface area contributed by atoms with E-state index in [1.165, 1.54) is 49.4 Å². The first-order valence-electron chi connectivity index (χ1n) is 9.45. The van der Waals surface area contributed by atoms with E-state index in [0.717, 1.165) is 18.2 Å². The Morgan fingerprint density at radius 2 is 1.67 bits per heavy atom. The molecular formula is C23H14ClF5N2O2. The molecule has 170 valence electrons. The second-order valence-corrected chi connectivity index (χ2v) is 7.39. The van der Waals surface area contributed by atoms with Gasteiger partial charge in [-0.2, -0.15) is 13.2 Å². The standard InChI is InChI=1S/C23H14ClF5N2O2/c1-12-9-21(15-3-2-4-16(22(15)30-12)23(27,28)29)32-13-6-8-20(19(26)11-13)31-33-14-5-7-18(25)17(24)10-14/h2-11,31H,1H3. The van der Waals surface area contributed by atoms with E-state index in [9.17, 15) is 22.0 Å². The highest BCUT2D eigenvalue weighted by Crippen LogP contribution is 2.38. The molecule has 0 spiro atoms. The molecule has 10 heteroatoms. The summed E-state index contributed by atoms with van der Waals surface area (Å²) in [7, 11) is 0. The van der Waals surface area contributed by atoms with E-state index in [1.807, 2.05) is 0 Å². The van der Waals surface area contributed by atoms with E-state index >= 15 is 0 Å². The Morgan fingerprint density at radius 1 is 0.909 bits per heavy atom. The lowest BCUT2D eigenvalue weighted by Crippen LogP contribution is -2.07. The molecule has 0 saturated carbocycles. The van der Waals surface area contributed by atoms with Crippen molar-refractivity contribution in [3.63, 3.8) is 0 Å². The molecule has 1 N–H and O–H groups in total. The van der Waals surface area contributed by atoms with Crippen LogP contribution >= 0.6 is 11.6 Å². The van der Waals surface area contributed by atoms with Gasteiger partial charge in [0.1, 0.15) is 23.0 Å². The zero-order chi connectivity index (χ0) is 23.8. The number of pyridine rings is 1. The number of ether oxygens (including phenoxy) is 1. The van der Waals surface area contributed by atoms with Gasteiger partial charge in [-0.15, -0.1) is 0 Å². The van der Waals surface area contributed by atoms with E-state index in [4.69, 9.17) is 21.2 Å². The molecule has 4 nitrogen and oxygen atoms in total. The number of fused-ring (bicyclic) bond motifs is 1. The van der Waals surface area contributed by atoms with Gasteiger partial charge in [-0.1, -0.05) is 17.7 Å². The Bertz CT molecular complexity index is 1340. The molecule has 1 heterocycles. The normalized spacial score (nSPS) is 11.5. The van der Waals surface area contributed by atoms with Gasteiger partial charge < -0.3 is 9.57 Å². The van der Waals surface area contributed by atoms with Crippen molar-refractivity contribution >= 4 is 28.2 Å². The molecule has 0 fully saturated rings. The van der Waals surface area contributed by atoms with E-state index in [1.54, 1.807) is 0 Å². The summed E-state index contributed by atoms with van der Waals surface area (Å²) in [6.07, 6.45) is -4.59. The molecule has 3 aromatic carbocycles. The third-order valence-electron chi connectivity index (χ3n) is 4.57. The number of alkyl halides is 3. The van der Waals surface area contributed by atoms with Crippen molar-refractivity contribution in [3.8, 4) is 17.2 Å². The number of rotatable bonds is 5. The summed E-state index contributed by atoms with van der Waals surface area (Å²) in [5, 5.41) is -0.0263. The van der Waals surface area contributed by atoms with Gasteiger partial charge in [0.2, 0.25) is 0 Å². The van der Waals surface area contributed by atoms with Crippen LogP contribution < -0.4 is 15.1 Å². The fourth-order valence-electron chi connectivity index (χ4n) is 3.08. The number of halogens is 6. The Morgan fingerprint density at radius 3 is 2.36 bits per heavy atom. The number of nitrogens with one attached hydrogen (secondary N) is 1. The second kappa shape index (κ2) is 8.74. The first-order chi connectivity index (χ1) is 15.6. The van der Waals surface area contributed by atoms with Crippen LogP contribution in [-0.4, -0.2) is 4.98 Å². The van der Waals surface area contributed by atoms with Gasteiger partial charge in [0.05, 0.1) is 16.1 Å². The number of nitrogens with zero attached hydrogens (tertiary/aromatic N) is 1. The number of aromatic nitrogens is 1. The number of hydrogen-bond donors (Lipinski definition) is 1. The summed E-state index contributed by atoms with van der Waals surface area (Å²) in [4.78, 5) is 9.20. The van der Waals surface area contributed by atoms with Gasteiger partial charge in [0, 0.05) is 29.3 Å². The largest absolute Gasteiger partial charge is 0.456 e. The van der Waals surface area contributed by atoms with Crippen LogP contribution in [0.4, 0.5) is 27.6 Å². The molecule has 0 bridgehead atoms. The lowest BCUT2D eigenvalue weighted by Gasteiger charge is -2.15. The van der Waals surface area contributed by atoms with Gasteiger partial charge in [-0.25, -0.2) is 14.3 Å². The number of hydrogen-bond acceptors (Lipinski definition) is 4. The lowest BCUT2D eigenvalue weighted by atomic mass is 10.1. The van der Waals surface area contributed by atoms with Crippen LogP contribution in [0, 0.1) is 18.6 Å². The summed E-state index contributed by atoms with van der Waals surface area (Å²) in [5.41, 5.74) is 1.48. The molecule has 1 aromatic heterocycles. The summed E-state index contributed by atoms with van der Waals surface area (Å²) in [5.74, 6) is -1.09. The Balaban J connectivity index is 1.58. The number of benzene rings is 3. The zero-order valence-electron chi connectivity index (χ0n) is 16.8. The average molecular weight is 481 g/mol. The second-order valence-electron chi connectivity index (χ2n) is 6.99. The van der Waals surface area contributed by atoms with Crippen molar-refractivity contribution in [2.24, 2.45) is 0 Å². The summed E-state index contributed by atoms with van der Waals surface area (Å²) < 4.78 is 73.5. The lowest BCUT2D eigenvalue weighted by molar-refractivity contribution is -0.136. The zero-order valence-corrected chi connectivity index (χ0v) is 17.6. The van der Waals surface area contributed by atoms with Gasteiger partial charge in [0.15, 0.2) is 11.6 Å². The average Bonchev–Trinajstić information content (AvgIpc) is 2.74. The minimum Gasteiger partial charge on any atom is -0.456 e. The maximum atomic E-state index is 14.5. The maximum absolute atomic E-state index is 14.5. The quantitative estimate of drug-likeness (QED) is 0.235. The summed E-state index contributed by atoms with van der Waals surface area (Å²) in [6.45, 7) is 1.53. The van der Waals surface area contributed by atoms with Crippen LogP contribution in [0.25, 0.3) is 10.9 Å². The molecule has 0 amide bonds. The summed E-state index contributed by atoms with van der Waals surface area (Å²) in [6, 6.07) is 12.5. The van der Waals surface area contributed by atoms with E-state index < -0.39 is 23.4 Å². The highest BCUT2D eigenvalue weighted by molar-refractivity contribution is 6.30. The topological polar surface area (TPSA) is 43.4 Å². The van der Waals surface area contributed by atoms with Crippen LogP contribution in [0.5, 0.6) is 17.2 Å². The van der Waals surface area contributed by atoms with E-state index in [-0.39, 0.29) is 38.9 Å². The fraction of sp³-hybridized carbons (Fsp3) is 0.0870. The van der Waals surface area contributed by atoms with Gasteiger partial charge in [-0.3, -0.25) is 4.98 Å². The predicted molar refractivity (Wildman–Crippen MR) is 114 cm³/mol. The Kier molecular flexibility index (Phi) is 5.99. The third-order valence-corrected chi connectivity index (χ3v) is 4.86. The van der Waals surface area contributed by atoms with Crippen molar-refractivity contribution < 1.29 is 31.5 Å². The maximum Gasteiger partial charge on any atom is 0.418 e. The van der Waals surface area contributed by atoms with E-state index in [0.29, 0.717) is 5.69 Å². The smallest absolute Gasteiger partial charge is 0.418 e. The molecule has 4 rings (SSSR count). The molecule has 0 radical (unpaired) electrons. The summed E-state index contributed by atoms with van der Waals surface area (Å²) >= 11 is 5.67. The van der Waals surface area contributed by atoms with Gasteiger partial charge >= 0.3 is 6.18 Å². The number of para-hydroxylation sites is 1. The molecule has 0 atom stereocenters. The molecular weight excluding hydrogens is 467 g/mol. The molecule has 4 aromatic rings. The monoisotopic (exact) mass is 480 g/mol. The first-order valence-corrected chi connectivity index (χ1v) is 9.82. The molecule has 33 heavy (non-hydrogen) atoms. The van der Waals surface area contributed by atoms with Gasteiger partial charge in [0.25, 0.3) is 0 Å². The van der Waals surface area contributed by atoms with Crippen molar-refractivity contribution in [3.05, 3.63) is 88.6 Å². The van der Waals surface area contributed by atoms with E-state index in [2.05, 4.69) is 10.5 Å². The van der Waals surface area contributed by atoms with Crippen LogP contribution in [0.2, 0.25) is 5.02 Å². The minimum atomic E-state index is -4.59. The van der Waals surface area contributed by atoms with Crippen molar-refractivity contribution in [1.82, 2.24) is 4.98 Å². The number of anilines is 1. The SMILES string of the molecule is Cc1cc(Oc2ccc(NOc3ccc(F)c(Cl)c3)c(F)c2)c2cccc(C(F)(F)F)c2n1. The Hall–Kier alpha value is -3.59. The van der Waals surface area contributed by atoms with Gasteiger partial charge in [-0.05, 0) is 43.3 Å². The van der Waals surface area contributed by atoms with Crippen molar-refractivity contribution in [2.45, 2.75) is 13.1 Å². The van der Waals surface area contributed by atoms with Crippen LogP contribution in [0.1, 0.15) is 11.3 Å². The van der Waals surface area contributed by atoms with Crippen LogP contribution in [0.15, 0.2) is 60.7 Å². The van der Waals surface area contributed by atoms with Crippen LogP contribution in [0.3, 0.4) is 0 Å².